The van der Waals surface area contributed by atoms with Gasteiger partial charge in [-0.1, -0.05) is 24.3 Å². The lowest BCUT2D eigenvalue weighted by molar-refractivity contribution is -0.114. The van der Waals surface area contributed by atoms with Crippen molar-refractivity contribution >= 4 is 39.1 Å². The van der Waals surface area contributed by atoms with E-state index < -0.39 is 5.56 Å². The Bertz CT molecular complexity index is 1100. The predicted octanol–water partition coefficient (Wildman–Crippen LogP) is 2.41. The molecule has 2 aromatic rings. The number of carbonyl (C=O) groups excluding carboxylic acids is 1. The summed E-state index contributed by atoms with van der Waals surface area (Å²) in [6, 6.07) is 0. The highest BCUT2D eigenvalue weighted by Crippen LogP contribution is 2.28. The highest BCUT2D eigenvalue weighted by atomic mass is 32.1. The molecule has 0 unspecified atom stereocenters. The summed E-state index contributed by atoms with van der Waals surface area (Å²) < 4.78 is 6.87. The van der Waals surface area contributed by atoms with Gasteiger partial charge < -0.3 is 15.4 Å². The average molecular weight is 414 g/mol. The highest BCUT2D eigenvalue weighted by molar-refractivity contribution is 7.20. The predicted molar refractivity (Wildman–Crippen MR) is 114 cm³/mol. The number of anilines is 2. The first-order valence-corrected chi connectivity index (χ1v) is 10.5. The SMILES string of the molecule is CCOC1=C/C(=C/c2c(N)n3nc(N4CCC(C)CC4)sc3nc2=O)C=CC1=O. The number of hydrogen-bond donors (Lipinski definition) is 1. The number of aromatic nitrogens is 3. The molecule has 0 aromatic carbocycles. The van der Waals surface area contributed by atoms with Gasteiger partial charge in [-0.3, -0.25) is 9.59 Å². The highest BCUT2D eigenvalue weighted by Gasteiger charge is 2.21. The smallest absolute Gasteiger partial charge is 0.283 e. The molecule has 0 atom stereocenters. The third-order valence-electron chi connectivity index (χ3n) is 5.11. The van der Waals surface area contributed by atoms with E-state index in [1.807, 2.05) is 0 Å². The third kappa shape index (κ3) is 3.82. The Morgan fingerprint density at radius 2 is 2.07 bits per heavy atom. The standard InChI is InChI=1S/C20H23N5O3S/c1-3-28-16-11-13(4-5-15(16)26)10-14-17(21)25-19(22-18(14)27)29-20(23-25)24-8-6-12(2)7-9-24/h4-5,10-12H,3,6-9,21H2,1-2H3/b13-10+. The van der Waals surface area contributed by atoms with Crippen molar-refractivity contribution < 1.29 is 9.53 Å². The second-order valence-corrected chi connectivity index (χ2v) is 8.18. The molecule has 3 heterocycles. The molecule has 0 amide bonds. The van der Waals surface area contributed by atoms with Gasteiger partial charge in [0.15, 0.2) is 5.76 Å². The molecule has 29 heavy (non-hydrogen) atoms. The maximum Gasteiger partial charge on any atom is 0.283 e. The summed E-state index contributed by atoms with van der Waals surface area (Å²) in [5, 5.41) is 5.43. The lowest BCUT2D eigenvalue weighted by atomic mass is 10.00. The summed E-state index contributed by atoms with van der Waals surface area (Å²) in [7, 11) is 0. The van der Waals surface area contributed by atoms with Crippen molar-refractivity contribution in [1.29, 1.82) is 0 Å². The number of rotatable bonds is 4. The average Bonchev–Trinajstić information content (AvgIpc) is 3.12. The molecule has 1 fully saturated rings. The van der Waals surface area contributed by atoms with E-state index in [2.05, 4.69) is 21.9 Å². The minimum absolute atomic E-state index is 0.206. The van der Waals surface area contributed by atoms with E-state index in [9.17, 15) is 9.59 Å². The normalized spacial score (nSPS) is 19.2. The summed E-state index contributed by atoms with van der Waals surface area (Å²) in [5.74, 6) is 0.983. The van der Waals surface area contributed by atoms with Crippen LogP contribution in [0.15, 0.2) is 34.4 Å². The van der Waals surface area contributed by atoms with Crippen molar-refractivity contribution in [1.82, 2.24) is 14.6 Å². The molecular formula is C20H23N5O3S. The van der Waals surface area contributed by atoms with E-state index in [0.29, 0.717) is 23.1 Å². The van der Waals surface area contributed by atoms with Crippen molar-refractivity contribution in [2.45, 2.75) is 26.7 Å². The minimum atomic E-state index is -0.422. The summed E-state index contributed by atoms with van der Waals surface area (Å²) in [6.07, 6.45) is 8.48. The number of fused-ring (bicyclic) bond motifs is 1. The molecule has 1 aliphatic heterocycles. The van der Waals surface area contributed by atoms with Crippen LogP contribution in [0.5, 0.6) is 0 Å². The molecule has 152 valence electrons. The van der Waals surface area contributed by atoms with Crippen LogP contribution in [0.4, 0.5) is 10.9 Å². The number of piperidine rings is 1. The summed E-state index contributed by atoms with van der Waals surface area (Å²) >= 11 is 1.37. The van der Waals surface area contributed by atoms with E-state index in [1.54, 1.807) is 25.2 Å². The second kappa shape index (κ2) is 7.82. The van der Waals surface area contributed by atoms with Gasteiger partial charge in [-0.05, 0) is 49.5 Å². The molecule has 0 saturated carbocycles. The second-order valence-electron chi connectivity index (χ2n) is 7.25. The van der Waals surface area contributed by atoms with Gasteiger partial charge in [0.1, 0.15) is 5.82 Å². The molecular weight excluding hydrogens is 390 g/mol. The van der Waals surface area contributed by atoms with Crippen LogP contribution >= 0.6 is 11.3 Å². The molecule has 4 rings (SSSR count). The number of nitrogens with two attached hydrogens (primary N) is 1. The zero-order valence-electron chi connectivity index (χ0n) is 16.4. The third-order valence-corrected chi connectivity index (χ3v) is 6.08. The van der Waals surface area contributed by atoms with Gasteiger partial charge >= 0.3 is 0 Å². The molecule has 1 saturated heterocycles. The zero-order valence-corrected chi connectivity index (χ0v) is 17.2. The fourth-order valence-electron chi connectivity index (χ4n) is 3.38. The number of ketones is 1. The Morgan fingerprint density at radius 1 is 1.31 bits per heavy atom. The van der Waals surface area contributed by atoms with Gasteiger partial charge in [0.25, 0.3) is 5.56 Å². The maximum absolute atomic E-state index is 12.6. The fraction of sp³-hybridized carbons (Fsp3) is 0.400. The Balaban J connectivity index is 1.71. The number of nitrogens with zero attached hydrogens (tertiary/aromatic N) is 4. The van der Waals surface area contributed by atoms with Gasteiger partial charge in [0.05, 0.1) is 12.2 Å². The van der Waals surface area contributed by atoms with Crippen molar-refractivity contribution in [2.75, 3.05) is 30.3 Å². The molecule has 0 spiro atoms. The van der Waals surface area contributed by atoms with Crippen LogP contribution in [-0.4, -0.2) is 40.1 Å². The van der Waals surface area contributed by atoms with Crippen LogP contribution in [0.25, 0.3) is 11.0 Å². The quantitative estimate of drug-likeness (QED) is 0.821. The molecule has 9 heteroatoms. The number of hydrogen-bond acceptors (Lipinski definition) is 8. The van der Waals surface area contributed by atoms with E-state index in [1.165, 1.54) is 21.9 Å². The van der Waals surface area contributed by atoms with Crippen LogP contribution in [0.2, 0.25) is 0 Å². The van der Waals surface area contributed by atoms with Crippen molar-refractivity contribution in [3.05, 3.63) is 45.5 Å². The number of allylic oxidation sites excluding steroid dienone is 4. The van der Waals surface area contributed by atoms with Crippen LogP contribution in [-0.2, 0) is 9.53 Å². The van der Waals surface area contributed by atoms with Crippen LogP contribution in [0.1, 0.15) is 32.3 Å². The topological polar surface area (TPSA) is 103 Å². The van der Waals surface area contributed by atoms with Gasteiger partial charge in [0.2, 0.25) is 15.9 Å². The van der Waals surface area contributed by atoms with Crippen molar-refractivity contribution in [3.63, 3.8) is 0 Å². The first-order chi connectivity index (χ1) is 14.0. The van der Waals surface area contributed by atoms with Crippen molar-refractivity contribution in [3.8, 4) is 0 Å². The maximum atomic E-state index is 12.6. The van der Waals surface area contributed by atoms with Crippen LogP contribution in [0.3, 0.4) is 0 Å². The molecule has 8 nitrogen and oxygen atoms in total. The van der Waals surface area contributed by atoms with Crippen LogP contribution in [0, 0.1) is 5.92 Å². The van der Waals surface area contributed by atoms with E-state index in [0.717, 1.165) is 31.1 Å². The molecule has 2 aromatic heterocycles. The number of nitrogen functional groups attached to an aromatic ring is 1. The van der Waals surface area contributed by atoms with Gasteiger partial charge in [-0.2, -0.15) is 9.50 Å². The Kier molecular flexibility index (Phi) is 5.23. The Hall–Kier alpha value is -2.94. The monoisotopic (exact) mass is 413 g/mol. The van der Waals surface area contributed by atoms with Gasteiger partial charge in [0, 0.05) is 13.1 Å². The first-order valence-electron chi connectivity index (χ1n) is 9.69. The van der Waals surface area contributed by atoms with Gasteiger partial charge in [-0.25, -0.2) is 0 Å². The fourth-order valence-corrected chi connectivity index (χ4v) is 4.34. The molecule has 1 aliphatic carbocycles. The van der Waals surface area contributed by atoms with E-state index >= 15 is 0 Å². The number of carbonyl (C=O) groups is 1. The first kappa shape index (κ1) is 19.4. The molecule has 0 bridgehead atoms. The summed E-state index contributed by atoms with van der Waals surface area (Å²) in [6.45, 7) is 6.32. The largest absolute Gasteiger partial charge is 0.490 e. The van der Waals surface area contributed by atoms with E-state index in [4.69, 9.17) is 10.5 Å². The summed E-state index contributed by atoms with van der Waals surface area (Å²) in [5.41, 5.74) is 6.74. The van der Waals surface area contributed by atoms with Crippen molar-refractivity contribution in [2.24, 2.45) is 5.92 Å². The molecule has 2 N–H and O–H groups in total. The number of ether oxygens (including phenoxy) is 1. The lowest BCUT2D eigenvalue weighted by Gasteiger charge is -2.29. The Morgan fingerprint density at radius 3 is 2.79 bits per heavy atom. The van der Waals surface area contributed by atoms with E-state index in [-0.39, 0.29) is 22.9 Å². The Labute approximate surface area is 172 Å². The zero-order chi connectivity index (χ0) is 20.5. The summed E-state index contributed by atoms with van der Waals surface area (Å²) in [4.78, 5) is 31.3. The van der Waals surface area contributed by atoms with Gasteiger partial charge in [-0.15, -0.1) is 5.10 Å². The minimum Gasteiger partial charge on any atom is -0.490 e. The lowest BCUT2D eigenvalue weighted by Crippen LogP contribution is -2.32. The molecule has 2 aliphatic rings. The van der Waals surface area contributed by atoms with Crippen LogP contribution < -0.4 is 16.2 Å². The molecule has 0 radical (unpaired) electrons.